The minimum absolute atomic E-state index is 0.117. The highest BCUT2D eigenvalue weighted by Gasteiger charge is 2.35. The van der Waals surface area contributed by atoms with Crippen molar-refractivity contribution in [3.05, 3.63) is 106 Å². The molecule has 1 aliphatic rings. The van der Waals surface area contributed by atoms with Crippen LogP contribution in [0, 0.1) is 5.82 Å². The number of hydrogen-bond acceptors (Lipinski definition) is 6. The Morgan fingerprint density at radius 3 is 2.51 bits per heavy atom. The summed E-state index contributed by atoms with van der Waals surface area (Å²) in [4.78, 5) is 27.0. The summed E-state index contributed by atoms with van der Waals surface area (Å²) in [5.74, 6) is 0.635. The molecule has 2 amide bonds. The molecule has 0 radical (unpaired) electrons. The van der Waals surface area contributed by atoms with Gasteiger partial charge in [0.15, 0.2) is 11.5 Å². The van der Waals surface area contributed by atoms with Crippen molar-refractivity contribution >= 4 is 51.4 Å². The molecule has 0 atom stereocenters. The molecule has 0 saturated carbocycles. The van der Waals surface area contributed by atoms with Crippen LogP contribution in [0.2, 0.25) is 5.02 Å². The van der Waals surface area contributed by atoms with E-state index in [1.165, 1.54) is 24.1 Å². The topological polar surface area (TPSA) is 65.1 Å². The molecule has 1 heterocycles. The van der Waals surface area contributed by atoms with E-state index in [9.17, 15) is 14.0 Å². The second-order valence-electron chi connectivity index (χ2n) is 8.61. The SMILES string of the molecule is COc1cc(/C=C2\SC(=O)N(CCOc3cccc4ccccc34)C2=O)cc(Cl)c1OCc1ccc(F)cc1. The van der Waals surface area contributed by atoms with Gasteiger partial charge < -0.3 is 14.2 Å². The normalized spacial score (nSPS) is 14.3. The predicted molar refractivity (Wildman–Crippen MR) is 151 cm³/mol. The Hall–Kier alpha value is -4.01. The molecule has 1 fully saturated rings. The van der Waals surface area contributed by atoms with Gasteiger partial charge in [-0.1, -0.05) is 60.1 Å². The van der Waals surface area contributed by atoms with Crippen LogP contribution >= 0.6 is 23.4 Å². The van der Waals surface area contributed by atoms with Gasteiger partial charge in [-0.2, -0.15) is 0 Å². The monoisotopic (exact) mass is 563 g/mol. The van der Waals surface area contributed by atoms with Gasteiger partial charge >= 0.3 is 0 Å². The van der Waals surface area contributed by atoms with Crippen LogP contribution in [-0.4, -0.2) is 36.3 Å². The third-order valence-corrected chi connectivity index (χ3v) is 7.23. The Morgan fingerprint density at radius 1 is 0.949 bits per heavy atom. The van der Waals surface area contributed by atoms with Crippen LogP contribution in [0.3, 0.4) is 0 Å². The maximum Gasteiger partial charge on any atom is 0.293 e. The molecule has 0 aliphatic carbocycles. The Morgan fingerprint density at radius 2 is 1.72 bits per heavy atom. The summed E-state index contributed by atoms with van der Waals surface area (Å²) in [6, 6.07) is 22.8. The third-order valence-electron chi connectivity index (χ3n) is 6.04. The number of carbonyl (C=O) groups excluding carboxylic acids is 2. The fourth-order valence-electron chi connectivity index (χ4n) is 4.11. The van der Waals surface area contributed by atoms with E-state index in [2.05, 4.69) is 0 Å². The van der Waals surface area contributed by atoms with Crippen molar-refractivity contribution in [2.75, 3.05) is 20.3 Å². The second-order valence-corrected chi connectivity index (χ2v) is 10.0. The lowest BCUT2D eigenvalue weighted by atomic mass is 10.1. The number of imide groups is 1. The summed E-state index contributed by atoms with van der Waals surface area (Å²) in [6.45, 7) is 0.444. The molecule has 4 aromatic rings. The first-order chi connectivity index (χ1) is 18.9. The number of nitrogens with zero attached hydrogens (tertiary/aromatic N) is 1. The molecule has 0 spiro atoms. The van der Waals surface area contributed by atoms with Crippen molar-refractivity contribution in [1.29, 1.82) is 0 Å². The van der Waals surface area contributed by atoms with Crippen molar-refractivity contribution in [3.8, 4) is 17.2 Å². The van der Waals surface area contributed by atoms with Crippen molar-refractivity contribution < 1.29 is 28.2 Å². The van der Waals surface area contributed by atoms with Crippen molar-refractivity contribution in [2.45, 2.75) is 6.61 Å². The standard InChI is InChI=1S/C30H23ClFNO5S/c1-36-26-16-20(15-24(31)28(26)38-18-19-9-11-22(32)12-10-19)17-27-29(34)33(30(35)39-27)13-14-37-25-8-4-6-21-5-2-3-7-23(21)25/h2-12,15-17H,13-14,18H2,1H3/b27-17-. The summed E-state index contributed by atoms with van der Waals surface area (Å²) in [5.41, 5.74) is 1.33. The lowest BCUT2D eigenvalue weighted by molar-refractivity contribution is -0.123. The minimum Gasteiger partial charge on any atom is -0.493 e. The quantitative estimate of drug-likeness (QED) is 0.199. The molecule has 5 rings (SSSR count). The number of benzene rings is 4. The van der Waals surface area contributed by atoms with E-state index in [-0.39, 0.29) is 40.7 Å². The lowest BCUT2D eigenvalue weighted by Crippen LogP contribution is -2.32. The van der Waals surface area contributed by atoms with Gasteiger partial charge in [0.1, 0.15) is 24.8 Å². The van der Waals surface area contributed by atoms with Crippen molar-refractivity contribution in [1.82, 2.24) is 4.90 Å². The third kappa shape index (κ3) is 6.02. The zero-order valence-electron chi connectivity index (χ0n) is 20.9. The van der Waals surface area contributed by atoms with E-state index in [0.29, 0.717) is 22.8 Å². The molecular formula is C30H23ClFNO5S. The van der Waals surface area contributed by atoms with Crippen molar-refractivity contribution in [2.24, 2.45) is 0 Å². The van der Waals surface area contributed by atoms with Crippen LogP contribution in [0.15, 0.2) is 83.8 Å². The van der Waals surface area contributed by atoms with Gasteiger partial charge in [0.2, 0.25) is 0 Å². The van der Waals surface area contributed by atoms with Gasteiger partial charge in [-0.3, -0.25) is 14.5 Å². The van der Waals surface area contributed by atoms with Crippen LogP contribution in [0.4, 0.5) is 9.18 Å². The number of rotatable bonds is 9. The molecule has 39 heavy (non-hydrogen) atoms. The maximum absolute atomic E-state index is 13.2. The van der Waals surface area contributed by atoms with Crippen LogP contribution in [0.1, 0.15) is 11.1 Å². The highest BCUT2D eigenvalue weighted by molar-refractivity contribution is 8.18. The Labute approximate surface area is 233 Å². The number of ether oxygens (including phenoxy) is 3. The number of carbonyl (C=O) groups is 2. The van der Waals surface area contributed by atoms with Gasteiger partial charge in [-0.15, -0.1) is 0 Å². The summed E-state index contributed by atoms with van der Waals surface area (Å²) in [5, 5.41) is 1.91. The Kier molecular flexibility index (Phi) is 8.05. The molecule has 198 valence electrons. The Bertz CT molecular complexity index is 1570. The average molecular weight is 564 g/mol. The van der Waals surface area contributed by atoms with Crippen LogP contribution < -0.4 is 14.2 Å². The number of hydrogen-bond donors (Lipinski definition) is 0. The molecule has 0 unspecified atom stereocenters. The number of amides is 2. The summed E-state index contributed by atoms with van der Waals surface area (Å²) >= 11 is 7.33. The summed E-state index contributed by atoms with van der Waals surface area (Å²) in [7, 11) is 1.48. The minimum atomic E-state index is -0.404. The van der Waals surface area contributed by atoms with E-state index in [0.717, 1.165) is 28.1 Å². The molecular weight excluding hydrogens is 541 g/mol. The molecule has 0 bridgehead atoms. The predicted octanol–water partition coefficient (Wildman–Crippen LogP) is 7.34. The van der Waals surface area contributed by atoms with E-state index >= 15 is 0 Å². The molecule has 9 heteroatoms. The van der Waals surface area contributed by atoms with Crippen LogP contribution in [0.5, 0.6) is 17.2 Å². The summed E-state index contributed by atoms with van der Waals surface area (Å²) in [6.07, 6.45) is 1.59. The average Bonchev–Trinajstić information content (AvgIpc) is 3.20. The highest BCUT2D eigenvalue weighted by atomic mass is 35.5. The van der Waals surface area contributed by atoms with E-state index in [1.807, 2.05) is 42.5 Å². The molecule has 0 aromatic heterocycles. The Balaban J connectivity index is 1.26. The largest absolute Gasteiger partial charge is 0.493 e. The van der Waals surface area contributed by atoms with Gasteiger partial charge in [-0.05, 0) is 64.7 Å². The van der Waals surface area contributed by atoms with Crippen LogP contribution in [0.25, 0.3) is 16.8 Å². The van der Waals surface area contributed by atoms with Gasteiger partial charge in [0.25, 0.3) is 11.1 Å². The van der Waals surface area contributed by atoms with Crippen molar-refractivity contribution in [3.63, 3.8) is 0 Å². The molecule has 1 aliphatic heterocycles. The fraction of sp³-hybridized carbons (Fsp3) is 0.133. The van der Waals surface area contributed by atoms with E-state index in [1.54, 1.807) is 30.3 Å². The second kappa shape index (κ2) is 11.8. The zero-order valence-corrected chi connectivity index (χ0v) is 22.4. The maximum atomic E-state index is 13.2. The van der Waals surface area contributed by atoms with Gasteiger partial charge in [0, 0.05) is 5.39 Å². The number of thioether (sulfide) groups is 1. The van der Waals surface area contributed by atoms with E-state index in [4.69, 9.17) is 25.8 Å². The zero-order chi connectivity index (χ0) is 27.4. The smallest absolute Gasteiger partial charge is 0.293 e. The number of fused-ring (bicyclic) bond motifs is 1. The summed E-state index contributed by atoms with van der Waals surface area (Å²) < 4.78 is 30.3. The first kappa shape index (κ1) is 26.6. The van der Waals surface area contributed by atoms with Crippen LogP contribution in [-0.2, 0) is 11.4 Å². The molecule has 1 saturated heterocycles. The molecule has 6 nitrogen and oxygen atoms in total. The number of halogens is 2. The first-order valence-corrected chi connectivity index (χ1v) is 13.2. The van der Waals surface area contributed by atoms with Gasteiger partial charge in [0.05, 0.1) is 23.6 Å². The molecule has 0 N–H and O–H groups in total. The highest BCUT2D eigenvalue weighted by Crippen LogP contribution is 2.39. The van der Waals surface area contributed by atoms with E-state index < -0.39 is 5.91 Å². The van der Waals surface area contributed by atoms with Gasteiger partial charge in [-0.25, -0.2) is 4.39 Å². The fourth-order valence-corrected chi connectivity index (χ4v) is 5.25. The molecule has 4 aromatic carbocycles. The first-order valence-electron chi connectivity index (χ1n) is 12.0. The number of methoxy groups -OCH3 is 1. The lowest BCUT2D eigenvalue weighted by Gasteiger charge is -2.14.